The molecule has 2 aromatic carbocycles. The van der Waals surface area contributed by atoms with Crippen LogP contribution in [0, 0.1) is 0 Å². The highest BCUT2D eigenvalue weighted by atomic mass is 16.5. The second-order valence-corrected chi connectivity index (χ2v) is 7.53. The van der Waals surface area contributed by atoms with Gasteiger partial charge >= 0.3 is 0 Å². The largest absolute Gasteiger partial charge is 0.491 e. The first-order chi connectivity index (χ1) is 13.8. The molecule has 4 rings (SSSR count). The van der Waals surface area contributed by atoms with Gasteiger partial charge < -0.3 is 14.4 Å². The lowest BCUT2D eigenvalue weighted by atomic mass is 10.1. The van der Waals surface area contributed by atoms with Crippen LogP contribution in [0.3, 0.4) is 0 Å². The predicted molar refractivity (Wildman–Crippen MR) is 109 cm³/mol. The zero-order valence-corrected chi connectivity index (χ0v) is 16.3. The lowest BCUT2D eigenvalue weighted by molar-refractivity contribution is 0.0625. The van der Waals surface area contributed by atoms with Crippen molar-refractivity contribution in [2.45, 2.75) is 25.5 Å². The number of rotatable bonds is 6. The fourth-order valence-corrected chi connectivity index (χ4v) is 3.82. The average Bonchev–Trinajstić information content (AvgIpc) is 3.27. The number of carbonyl (C=O) groups excluding carboxylic acids is 1. The van der Waals surface area contributed by atoms with Gasteiger partial charge in [-0.2, -0.15) is 0 Å². The minimum atomic E-state index is 0.0851. The zero-order chi connectivity index (χ0) is 19.2. The predicted octanol–water partition coefficient (Wildman–Crippen LogP) is 3.20. The number of nitrogens with zero attached hydrogens (tertiary/aromatic N) is 2. The summed E-state index contributed by atoms with van der Waals surface area (Å²) in [4.78, 5) is 17.3. The standard InChI is InChI=1S/C23H28N2O3/c26-23(20-8-4-9-21(16-20)28-18-22-10-5-15-27-22)25-13-11-24(12-14-25)17-19-6-2-1-3-7-19/h1-4,6-9,16,22H,5,10-15,17-18H2. The van der Waals surface area contributed by atoms with Crippen LogP contribution in [0.2, 0.25) is 0 Å². The molecule has 2 aromatic rings. The molecular weight excluding hydrogens is 352 g/mol. The van der Waals surface area contributed by atoms with E-state index in [9.17, 15) is 4.79 Å². The van der Waals surface area contributed by atoms with Gasteiger partial charge in [0.25, 0.3) is 5.91 Å². The maximum absolute atomic E-state index is 12.9. The van der Waals surface area contributed by atoms with Crippen molar-refractivity contribution in [1.29, 1.82) is 0 Å². The molecule has 0 aliphatic carbocycles. The molecule has 28 heavy (non-hydrogen) atoms. The van der Waals surface area contributed by atoms with Gasteiger partial charge in [-0.05, 0) is 36.6 Å². The highest BCUT2D eigenvalue weighted by molar-refractivity contribution is 5.94. The third-order valence-electron chi connectivity index (χ3n) is 5.45. The van der Waals surface area contributed by atoms with Crippen molar-refractivity contribution in [1.82, 2.24) is 9.80 Å². The van der Waals surface area contributed by atoms with E-state index in [1.54, 1.807) is 0 Å². The Hall–Kier alpha value is -2.37. The van der Waals surface area contributed by atoms with Crippen molar-refractivity contribution < 1.29 is 14.3 Å². The molecular formula is C23H28N2O3. The van der Waals surface area contributed by atoms with E-state index in [1.165, 1.54) is 5.56 Å². The molecule has 1 unspecified atom stereocenters. The Kier molecular flexibility index (Phi) is 6.24. The highest BCUT2D eigenvalue weighted by Gasteiger charge is 2.22. The fourth-order valence-electron chi connectivity index (χ4n) is 3.82. The van der Waals surface area contributed by atoms with Gasteiger partial charge in [-0.3, -0.25) is 9.69 Å². The molecule has 1 amide bonds. The van der Waals surface area contributed by atoms with Crippen LogP contribution in [-0.2, 0) is 11.3 Å². The molecule has 2 fully saturated rings. The van der Waals surface area contributed by atoms with Gasteiger partial charge in [0, 0.05) is 44.9 Å². The first-order valence-electron chi connectivity index (χ1n) is 10.2. The summed E-state index contributed by atoms with van der Waals surface area (Å²) >= 11 is 0. The van der Waals surface area contributed by atoms with Crippen molar-refractivity contribution in [3.63, 3.8) is 0 Å². The molecule has 5 heteroatoms. The number of piperazine rings is 1. The third kappa shape index (κ3) is 4.91. The smallest absolute Gasteiger partial charge is 0.254 e. The summed E-state index contributed by atoms with van der Waals surface area (Å²) in [6, 6.07) is 18.0. The van der Waals surface area contributed by atoms with Crippen LogP contribution in [0.5, 0.6) is 5.75 Å². The maximum Gasteiger partial charge on any atom is 0.254 e. The third-order valence-corrected chi connectivity index (χ3v) is 5.45. The molecule has 0 saturated carbocycles. The molecule has 0 aromatic heterocycles. The number of ether oxygens (including phenoxy) is 2. The SMILES string of the molecule is O=C(c1cccc(OCC2CCCO2)c1)N1CCN(Cc2ccccc2)CC1. The quantitative estimate of drug-likeness (QED) is 0.772. The van der Waals surface area contributed by atoms with E-state index in [4.69, 9.17) is 9.47 Å². The first-order valence-corrected chi connectivity index (χ1v) is 10.2. The highest BCUT2D eigenvalue weighted by Crippen LogP contribution is 2.19. The number of hydrogen-bond acceptors (Lipinski definition) is 4. The van der Waals surface area contributed by atoms with Gasteiger partial charge in [0.2, 0.25) is 0 Å². The fraction of sp³-hybridized carbons (Fsp3) is 0.435. The van der Waals surface area contributed by atoms with Gasteiger partial charge in [0.05, 0.1) is 6.10 Å². The van der Waals surface area contributed by atoms with Crippen molar-refractivity contribution in [2.75, 3.05) is 39.4 Å². The minimum absolute atomic E-state index is 0.0851. The van der Waals surface area contributed by atoms with Crippen molar-refractivity contribution in [2.24, 2.45) is 0 Å². The molecule has 1 atom stereocenters. The first kappa shape index (κ1) is 19.0. The Morgan fingerprint density at radius 3 is 2.61 bits per heavy atom. The van der Waals surface area contributed by atoms with Crippen LogP contribution >= 0.6 is 0 Å². The van der Waals surface area contributed by atoms with Crippen LogP contribution in [0.1, 0.15) is 28.8 Å². The molecule has 0 spiro atoms. The van der Waals surface area contributed by atoms with Crippen molar-refractivity contribution >= 4 is 5.91 Å². The van der Waals surface area contributed by atoms with Crippen LogP contribution in [0.25, 0.3) is 0 Å². The number of hydrogen-bond donors (Lipinski definition) is 0. The summed E-state index contributed by atoms with van der Waals surface area (Å²) in [7, 11) is 0. The maximum atomic E-state index is 12.9. The van der Waals surface area contributed by atoms with E-state index in [0.29, 0.717) is 12.2 Å². The topological polar surface area (TPSA) is 42.0 Å². The molecule has 2 saturated heterocycles. The molecule has 0 bridgehead atoms. The summed E-state index contributed by atoms with van der Waals surface area (Å²) in [5, 5.41) is 0. The summed E-state index contributed by atoms with van der Waals surface area (Å²) in [5.74, 6) is 0.825. The number of carbonyl (C=O) groups is 1. The molecule has 0 N–H and O–H groups in total. The summed E-state index contributed by atoms with van der Waals surface area (Å²) in [6.07, 6.45) is 2.33. The Labute approximate surface area is 166 Å². The van der Waals surface area contributed by atoms with Gasteiger partial charge in [-0.25, -0.2) is 0 Å². The van der Waals surface area contributed by atoms with Gasteiger partial charge in [-0.1, -0.05) is 36.4 Å². The van der Waals surface area contributed by atoms with Crippen LogP contribution in [0.4, 0.5) is 0 Å². The number of benzene rings is 2. The summed E-state index contributed by atoms with van der Waals surface area (Å²) in [6.45, 7) is 5.62. The normalized spacial score (nSPS) is 20.3. The van der Waals surface area contributed by atoms with Gasteiger partial charge in [-0.15, -0.1) is 0 Å². The van der Waals surface area contributed by atoms with E-state index in [1.807, 2.05) is 35.2 Å². The summed E-state index contributed by atoms with van der Waals surface area (Å²) < 4.78 is 11.4. The van der Waals surface area contributed by atoms with Crippen LogP contribution in [0.15, 0.2) is 54.6 Å². The van der Waals surface area contributed by atoms with E-state index >= 15 is 0 Å². The van der Waals surface area contributed by atoms with Crippen LogP contribution in [-0.4, -0.2) is 61.2 Å². The van der Waals surface area contributed by atoms with Crippen molar-refractivity contribution in [3.05, 3.63) is 65.7 Å². The molecule has 148 valence electrons. The van der Waals surface area contributed by atoms with Crippen molar-refractivity contribution in [3.8, 4) is 5.75 Å². The van der Waals surface area contributed by atoms with Gasteiger partial charge in [0.1, 0.15) is 12.4 Å². The van der Waals surface area contributed by atoms with E-state index in [2.05, 4.69) is 29.2 Å². The molecule has 0 radical (unpaired) electrons. The minimum Gasteiger partial charge on any atom is -0.491 e. The Balaban J connectivity index is 1.29. The van der Waals surface area contributed by atoms with E-state index in [0.717, 1.165) is 57.9 Å². The lowest BCUT2D eigenvalue weighted by Gasteiger charge is -2.34. The zero-order valence-electron chi connectivity index (χ0n) is 16.3. The average molecular weight is 380 g/mol. The second kappa shape index (κ2) is 9.22. The Morgan fingerprint density at radius 1 is 1.04 bits per heavy atom. The Morgan fingerprint density at radius 2 is 1.86 bits per heavy atom. The molecule has 2 aliphatic rings. The molecule has 2 heterocycles. The monoisotopic (exact) mass is 380 g/mol. The summed E-state index contributed by atoms with van der Waals surface area (Å²) in [5.41, 5.74) is 2.01. The molecule has 5 nitrogen and oxygen atoms in total. The van der Waals surface area contributed by atoms with Gasteiger partial charge in [0.15, 0.2) is 0 Å². The lowest BCUT2D eigenvalue weighted by Crippen LogP contribution is -2.48. The number of amides is 1. The Bertz CT molecular complexity index is 766. The van der Waals surface area contributed by atoms with Crippen LogP contribution < -0.4 is 4.74 Å². The second-order valence-electron chi connectivity index (χ2n) is 7.53. The van der Waals surface area contributed by atoms with E-state index in [-0.39, 0.29) is 12.0 Å². The van der Waals surface area contributed by atoms with E-state index < -0.39 is 0 Å². The molecule has 2 aliphatic heterocycles.